The smallest absolute Gasteiger partial charge is 0.331 e. The van der Waals surface area contributed by atoms with Crippen molar-refractivity contribution in [3.8, 4) is 0 Å². The average molecular weight is 355 g/mol. The third-order valence-corrected chi connectivity index (χ3v) is 6.66. The maximum absolute atomic E-state index is 12.2. The standard InChI is InChI=1S/C24H34O2/c1-8-26-21(25)15-18-17-14-20-19(13-16(17)9-10-22(18,2)3)23(4,5)11-12-24(20,6)7/h13-15H,8-12H2,1-7H3/b18-15+. The van der Waals surface area contributed by atoms with Crippen molar-refractivity contribution in [2.24, 2.45) is 5.41 Å². The monoisotopic (exact) mass is 354 g/mol. The summed E-state index contributed by atoms with van der Waals surface area (Å²) in [6.07, 6.45) is 6.31. The van der Waals surface area contributed by atoms with Gasteiger partial charge in [-0.25, -0.2) is 4.79 Å². The van der Waals surface area contributed by atoms with Crippen molar-refractivity contribution in [2.45, 2.75) is 85.0 Å². The maximum atomic E-state index is 12.2. The zero-order valence-corrected chi connectivity index (χ0v) is 17.6. The fraction of sp³-hybridized carbons (Fsp3) is 0.625. The van der Waals surface area contributed by atoms with E-state index in [1.165, 1.54) is 35.1 Å². The molecule has 0 bridgehead atoms. The van der Waals surface area contributed by atoms with Crippen molar-refractivity contribution in [1.29, 1.82) is 0 Å². The van der Waals surface area contributed by atoms with Crippen LogP contribution in [0.25, 0.3) is 5.57 Å². The molecule has 0 spiro atoms. The Morgan fingerprint density at radius 2 is 1.54 bits per heavy atom. The first-order valence-corrected chi connectivity index (χ1v) is 10.1. The fourth-order valence-corrected chi connectivity index (χ4v) is 4.64. The minimum absolute atomic E-state index is 0.0116. The van der Waals surface area contributed by atoms with Crippen molar-refractivity contribution in [2.75, 3.05) is 6.61 Å². The van der Waals surface area contributed by atoms with Gasteiger partial charge in [0.2, 0.25) is 0 Å². The van der Waals surface area contributed by atoms with E-state index in [9.17, 15) is 4.79 Å². The second kappa shape index (κ2) is 6.25. The van der Waals surface area contributed by atoms with Gasteiger partial charge < -0.3 is 4.74 Å². The van der Waals surface area contributed by atoms with E-state index < -0.39 is 0 Å². The van der Waals surface area contributed by atoms with E-state index in [1.54, 1.807) is 6.08 Å². The molecule has 0 aliphatic heterocycles. The topological polar surface area (TPSA) is 26.3 Å². The molecule has 0 aromatic heterocycles. The molecule has 142 valence electrons. The highest BCUT2D eigenvalue weighted by molar-refractivity contribution is 5.93. The van der Waals surface area contributed by atoms with Gasteiger partial charge in [-0.2, -0.15) is 0 Å². The Morgan fingerprint density at radius 1 is 0.962 bits per heavy atom. The number of carbonyl (C=O) groups excluding carboxylic acids is 1. The second-order valence-electron chi connectivity index (χ2n) is 10.0. The van der Waals surface area contributed by atoms with Crippen LogP contribution in [0.4, 0.5) is 0 Å². The number of aryl methyl sites for hydroxylation is 1. The first kappa shape index (κ1) is 19.2. The van der Waals surface area contributed by atoms with Crippen LogP contribution in [0.3, 0.4) is 0 Å². The normalized spacial score (nSPS) is 23.9. The highest BCUT2D eigenvalue weighted by atomic mass is 16.5. The Kier molecular flexibility index (Phi) is 4.61. The number of hydrogen-bond acceptors (Lipinski definition) is 2. The van der Waals surface area contributed by atoms with Crippen molar-refractivity contribution in [3.05, 3.63) is 40.5 Å². The third kappa shape index (κ3) is 3.23. The first-order valence-electron chi connectivity index (χ1n) is 10.1. The van der Waals surface area contributed by atoms with E-state index in [-0.39, 0.29) is 22.2 Å². The molecule has 1 aromatic carbocycles. The minimum atomic E-state index is -0.222. The molecular formula is C24H34O2. The minimum Gasteiger partial charge on any atom is -0.463 e. The zero-order valence-electron chi connectivity index (χ0n) is 17.6. The van der Waals surface area contributed by atoms with E-state index >= 15 is 0 Å². The van der Waals surface area contributed by atoms with Gasteiger partial charge in [0.25, 0.3) is 0 Å². The number of ether oxygens (including phenoxy) is 1. The number of fused-ring (bicyclic) bond motifs is 2. The predicted molar refractivity (Wildman–Crippen MR) is 108 cm³/mol. The van der Waals surface area contributed by atoms with Gasteiger partial charge >= 0.3 is 5.97 Å². The van der Waals surface area contributed by atoms with Gasteiger partial charge in [0.15, 0.2) is 0 Å². The Morgan fingerprint density at radius 3 is 2.12 bits per heavy atom. The lowest BCUT2D eigenvalue weighted by Gasteiger charge is -2.44. The molecule has 0 N–H and O–H groups in total. The number of allylic oxidation sites excluding steroid dienone is 1. The molecule has 26 heavy (non-hydrogen) atoms. The maximum Gasteiger partial charge on any atom is 0.331 e. The van der Waals surface area contributed by atoms with Gasteiger partial charge in [-0.1, -0.05) is 53.7 Å². The van der Waals surface area contributed by atoms with Crippen molar-refractivity contribution >= 4 is 11.5 Å². The van der Waals surface area contributed by atoms with Gasteiger partial charge in [0.1, 0.15) is 0 Å². The Balaban J connectivity index is 2.21. The summed E-state index contributed by atoms with van der Waals surface area (Å²) >= 11 is 0. The molecule has 0 fully saturated rings. The van der Waals surface area contributed by atoms with Gasteiger partial charge in [0.05, 0.1) is 6.61 Å². The largest absolute Gasteiger partial charge is 0.463 e. The number of hydrogen-bond donors (Lipinski definition) is 0. The summed E-state index contributed by atoms with van der Waals surface area (Å²) in [6.45, 7) is 16.2. The average Bonchev–Trinajstić information content (AvgIpc) is 2.54. The molecule has 1 aromatic rings. The van der Waals surface area contributed by atoms with Crippen LogP contribution in [-0.4, -0.2) is 12.6 Å². The van der Waals surface area contributed by atoms with E-state index in [4.69, 9.17) is 4.74 Å². The third-order valence-electron chi connectivity index (χ3n) is 6.66. The van der Waals surface area contributed by atoms with Crippen LogP contribution in [0.1, 0.15) is 90.0 Å². The molecular weight excluding hydrogens is 320 g/mol. The summed E-state index contributed by atoms with van der Waals surface area (Å²) in [7, 11) is 0. The molecule has 0 radical (unpaired) electrons. The molecule has 0 saturated heterocycles. The van der Waals surface area contributed by atoms with Gasteiger partial charge in [0, 0.05) is 6.08 Å². The van der Waals surface area contributed by atoms with Crippen LogP contribution in [-0.2, 0) is 26.8 Å². The molecule has 2 nitrogen and oxygen atoms in total. The van der Waals surface area contributed by atoms with Crippen LogP contribution in [0, 0.1) is 5.41 Å². The number of benzene rings is 1. The summed E-state index contributed by atoms with van der Waals surface area (Å²) in [4.78, 5) is 12.2. The van der Waals surface area contributed by atoms with Crippen LogP contribution in [0.15, 0.2) is 18.2 Å². The quantitative estimate of drug-likeness (QED) is 0.484. The van der Waals surface area contributed by atoms with Crippen molar-refractivity contribution < 1.29 is 9.53 Å². The van der Waals surface area contributed by atoms with E-state index in [0.717, 1.165) is 18.4 Å². The number of carbonyl (C=O) groups is 1. The lowest BCUT2D eigenvalue weighted by molar-refractivity contribution is -0.137. The van der Waals surface area contributed by atoms with Crippen LogP contribution in [0.2, 0.25) is 0 Å². The van der Waals surface area contributed by atoms with Gasteiger partial charge in [-0.05, 0) is 76.7 Å². The van der Waals surface area contributed by atoms with E-state index in [2.05, 4.69) is 53.7 Å². The van der Waals surface area contributed by atoms with Crippen LogP contribution < -0.4 is 0 Å². The molecule has 0 amide bonds. The Bertz CT molecular complexity index is 763. The summed E-state index contributed by atoms with van der Waals surface area (Å²) in [6, 6.07) is 4.84. The molecule has 3 rings (SSSR count). The summed E-state index contributed by atoms with van der Waals surface area (Å²) < 4.78 is 5.22. The highest BCUT2D eigenvalue weighted by Crippen LogP contribution is 2.51. The Labute approximate surface area is 159 Å². The fourth-order valence-electron chi connectivity index (χ4n) is 4.64. The van der Waals surface area contributed by atoms with Crippen LogP contribution >= 0.6 is 0 Å². The summed E-state index contributed by atoms with van der Waals surface area (Å²) in [5, 5.41) is 0. The number of esters is 1. The molecule has 2 aliphatic rings. The molecule has 0 heterocycles. The van der Waals surface area contributed by atoms with Crippen LogP contribution in [0.5, 0.6) is 0 Å². The highest BCUT2D eigenvalue weighted by Gasteiger charge is 2.40. The molecule has 2 aliphatic carbocycles. The molecule has 0 saturated carbocycles. The lowest BCUT2D eigenvalue weighted by atomic mass is 9.60. The Hall–Kier alpha value is -1.57. The summed E-state index contributed by atoms with van der Waals surface area (Å²) in [5.74, 6) is -0.222. The second-order valence-corrected chi connectivity index (χ2v) is 10.0. The predicted octanol–water partition coefficient (Wildman–Crippen LogP) is 5.95. The van der Waals surface area contributed by atoms with Gasteiger partial charge in [-0.3, -0.25) is 0 Å². The molecule has 0 unspecified atom stereocenters. The SMILES string of the molecule is CCOC(=O)/C=C1\c2cc3c(cc2CCC1(C)C)C(C)(C)CCC3(C)C. The molecule has 2 heteroatoms. The zero-order chi connectivity index (χ0) is 19.3. The first-order chi connectivity index (χ1) is 12.0. The number of rotatable bonds is 2. The van der Waals surface area contributed by atoms with Crippen molar-refractivity contribution in [1.82, 2.24) is 0 Å². The summed E-state index contributed by atoms with van der Waals surface area (Å²) in [5.41, 5.74) is 7.14. The van der Waals surface area contributed by atoms with E-state index in [1.807, 2.05) is 6.92 Å². The van der Waals surface area contributed by atoms with Gasteiger partial charge in [-0.15, -0.1) is 0 Å². The van der Waals surface area contributed by atoms with E-state index in [0.29, 0.717) is 6.61 Å². The molecule has 0 atom stereocenters. The van der Waals surface area contributed by atoms with Crippen molar-refractivity contribution in [3.63, 3.8) is 0 Å². The lowest BCUT2D eigenvalue weighted by Crippen LogP contribution is -2.35.